The largest absolute Gasteiger partial charge is 0.468 e. The lowest BCUT2D eigenvalue weighted by Crippen LogP contribution is -2.50. The van der Waals surface area contributed by atoms with Crippen molar-refractivity contribution in [3.63, 3.8) is 0 Å². The van der Waals surface area contributed by atoms with E-state index >= 15 is 0 Å². The van der Waals surface area contributed by atoms with Gasteiger partial charge in [0.05, 0.1) is 7.11 Å². The monoisotopic (exact) mass is 345 g/mol. The first-order chi connectivity index (χ1) is 9.03. The Labute approximate surface area is 127 Å². The minimum Gasteiger partial charge on any atom is -0.468 e. The number of methoxy groups -OCH3 is 1. The molecule has 0 bridgehead atoms. The maximum Gasteiger partial charge on any atom is 0.325 e. The van der Waals surface area contributed by atoms with E-state index in [0.717, 1.165) is 23.2 Å². The molecule has 1 atom stereocenters. The summed E-state index contributed by atoms with van der Waals surface area (Å²) in [6.07, 6.45) is 0.722. The van der Waals surface area contributed by atoms with Crippen LogP contribution in [0.25, 0.3) is 0 Å². The summed E-state index contributed by atoms with van der Waals surface area (Å²) in [7, 11) is 1.43. The van der Waals surface area contributed by atoms with Crippen LogP contribution in [-0.2, 0) is 9.53 Å². The first-order valence-corrected chi connectivity index (χ1v) is 8.02. The lowest BCUT2D eigenvalue weighted by molar-refractivity contribution is -0.147. The summed E-state index contributed by atoms with van der Waals surface area (Å²) in [6.45, 7) is 4.62. The predicted octanol–water partition coefficient (Wildman–Crippen LogP) is 3.47. The molecule has 1 rings (SSSR count). The molecule has 1 aromatic carbocycles. The molecule has 0 aliphatic carbocycles. The van der Waals surface area contributed by atoms with Gasteiger partial charge in [-0.3, -0.25) is 4.79 Å². The standard InChI is InChI=1S/C14H20BrNO2S/c1-4-16-14(2,13(17)18-3)9-10-19-12-8-6-5-7-11(12)15/h5-8,16H,4,9-10H2,1-3H3. The maximum atomic E-state index is 11.8. The van der Waals surface area contributed by atoms with E-state index in [1.54, 1.807) is 11.8 Å². The number of esters is 1. The van der Waals surface area contributed by atoms with Crippen molar-refractivity contribution < 1.29 is 9.53 Å². The van der Waals surface area contributed by atoms with Gasteiger partial charge in [-0.2, -0.15) is 0 Å². The number of halogens is 1. The molecule has 0 saturated carbocycles. The molecule has 0 aromatic heterocycles. The summed E-state index contributed by atoms with van der Waals surface area (Å²) in [5.41, 5.74) is -0.613. The topological polar surface area (TPSA) is 38.3 Å². The molecule has 0 aliphatic rings. The second-order valence-corrected chi connectivity index (χ2v) is 6.37. The molecule has 3 nitrogen and oxygen atoms in total. The fourth-order valence-electron chi connectivity index (χ4n) is 1.80. The van der Waals surface area contributed by atoms with E-state index in [1.807, 2.05) is 32.0 Å². The van der Waals surface area contributed by atoms with Gasteiger partial charge in [-0.1, -0.05) is 19.1 Å². The van der Waals surface area contributed by atoms with Crippen LogP contribution in [0.5, 0.6) is 0 Å². The zero-order valence-corrected chi connectivity index (χ0v) is 13.9. The van der Waals surface area contributed by atoms with Crippen LogP contribution in [0.2, 0.25) is 0 Å². The van der Waals surface area contributed by atoms with Gasteiger partial charge in [0.2, 0.25) is 0 Å². The third-order valence-corrected chi connectivity index (χ3v) is 4.93. The number of benzene rings is 1. The van der Waals surface area contributed by atoms with Crippen LogP contribution in [0.1, 0.15) is 20.3 Å². The van der Waals surface area contributed by atoms with Crippen molar-refractivity contribution >= 4 is 33.7 Å². The van der Waals surface area contributed by atoms with Gasteiger partial charge in [-0.15, -0.1) is 11.8 Å². The lowest BCUT2D eigenvalue weighted by atomic mass is 9.99. The third-order valence-electron chi connectivity index (χ3n) is 2.90. The number of hydrogen-bond acceptors (Lipinski definition) is 4. The summed E-state index contributed by atoms with van der Waals surface area (Å²) in [5.74, 6) is 0.642. The number of nitrogens with one attached hydrogen (secondary N) is 1. The Morgan fingerprint density at radius 3 is 2.74 bits per heavy atom. The van der Waals surface area contributed by atoms with Crippen LogP contribution < -0.4 is 5.32 Å². The number of carbonyl (C=O) groups excluding carboxylic acids is 1. The predicted molar refractivity (Wildman–Crippen MR) is 83.6 cm³/mol. The SMILES string of the molecule is CCNC(C)(CCSc1ccccc1Br)C(=O)OC. The highest BCUT2D eigenvalue weighted by atomic mass is 79.9. The second kappa shape index (κ2) is 7.92. The average molecular weight is 346 g/mol. The Balaban J connectivity index is 2.58. The van der Waals surface area contributed by atoms with Crippen LogP contribution in [0.3, 0.4) is 0 Å². The first kappa shape index (κ1) is 16.5. The van der Waals surface area contributed by atoms with Gasteiger partial charge in [-0.25, -0.2) is 0 Å². The minimum atomic E-state index is -0.613. The zero-order valence-electron chi connectivity index (χ0n) is 11.5. The van der Waals surface area contributed by atoms with Gasteiger partial charge in [0.25, 0.3) is 0 Å². The summed E-state index contributed by atoms with van der Waals surface area (Å²) in [5, 5.41) is 3.21. The van der Waals surface area contributed by atoms with Gasteiger partial charge in [0.15, 0.2) is 0 Å². The molecule has 0 aliphatic heterocycles. The second-order valence-electron chi connectivity index (χ2n) is 4.38. The van der Waals surface area contributed by atoms with Crippen LogP contribution in [-0.4, -0.2) is 30.9 Å². The maximum absolute atomic E-state index is 11.8. The molecule has 5 heteroatoms. The van der Waals surface area contributed by atoms with E-state index in [4.69, 9.17) is 4.74 Å². The Hall–Kier alpha value is -0.520. The van der Waals surface area contributed by atoms with Crippen molar-refractivity contribution in [2.75, 3.05) is 19.4 Å². The third kappa shape index (κ3) is 4.82. The molecule has 0 fully saturated rings. The zero-order chi connectivity index (χ0) is 14.3. The van der Waals surface area contributed by atoms with Crippen molar-refractivity contribution in [1.29, 1.82) is 0 Å². The highest BCUT2D eigenvalue weighted by Crippen LogP contribution is 2.29. The Morgan fingerprint density at radius 1 is 1.47 bits per heavy atom. The molecule has 0 spiro atoms. The van der Waals surface area contributed by atoms with Crippen LogP contribution in [0.4, 0.5) is 0 Å². The minimum absolute atomic E-state index is 0.206. The Morgan fingerprint density at radius 2 is 2.16 bits per heavy atom. The number of ether oxygens (including phenoxy) is 1. The molecule has 0 radical (unpaired) electrons. The van der Waals surface area contributed by atoms with Crippen LogP contribution in [0, 0.1) is 0 Å². The number of thioether (sulfide) groups is 1. The summed E-state index contributed by atoms with van der Waals surface area (Å²) in [6, 6.07) is 8.09. The van der Waals surface area contributed by atoms with E-state index in [-0.39, 0.29) is 5.97 Å². The van der Waals surface area contributed by atoms with E-state index in [1.165, 1.54) is 12.0 Å². The molecule has 0 saturated heterocycles. The van der Waals surface area contributed by atoms with Crippen molar-refractivity contribution in [1.82, 2.24) is 5.32 Å². The van der Waals surface area contributed by atoms with Crippen LogP contribution >= 0.6 is 27.7 Å². The van der Waals surface area contributed by atoms with E-state index in [0.29, 0.717) is 0 Å². The first-order valence-electron chi connectivity index (χ1n) is 6.24. The molecule has 1 unspecified atom stereocenters. The highest BCUT2D eigenvalue weighted by Gasteiger charge is 2.32. The highest BCUT2D eigenvalue weighted by molar-refractivity contribution is 9.10. The van der Waals surface area contributed by atoms with E-state index in [2.05, 4.69) is 27.3 Å². The Bertz CT molecular complexity index is 428. The van der Waals surface area contributed by atoms with Crippen molar-refractivity contribution in [2.45, 2.75) is 30.7 Å². The molecule has 0 amide bonds. The smallest absolute Gasteiger partial charge is 0.325 e. The molecule has 1 aromatic rings. The van der Waals surface area contributed by atoms with Crippen LogP contribution in [0.15, 0.2) is 33.6 Å². The van der Waals surface area contributed by atoms with Crippen molar-refractivity contribution in [2.24, 2.45) is 0 Å². The fourth-order valence-corrected chi connectivity index (χ4v) is 3.54. The molecule has 106 valence electrons. The quantitative estimate of drug-likeness (QED) is 0.606. The molecular formula is C14H20BrNO2S. The molecule has 0 heterocycles. The number of carbonyl (C=O) groups is 1. The van der Waals surface area contributed by atoms with Gasteiger partial charge < -0.3 is 10.1 Å². The Kier molecular flexibility index (Phi) is 6.89. The molecule has 1 N–H and O–H groups in total. The molecule has 19 heavy (non-hydrogen) atoms. The van der Waals surface area contributed by atoms with Crippen molar-refractivity contribution in [3.8, 4) is 0 Å². The average Bonchev–Trinajstić information content (AvgIpc) is 2.40. The summed E-state index contributed by atoms with van der Waals surface area (Å²) >= 11 is 5.26. The van der Waals surface area contributed by atoms with Gasteiger partial charge >= 0.3 is 5.97 Å². The summed E-state index contributed by atoms with van der Waals surface area (Å²) in [4.78, 5) is 13.0. The van der Waals surface area contributed by atoms with Gasteiger partial charge in [-0.05, 0) is 48.0 Å². The van der Waals surface area contributed by atoms with E-state index < -0.39 is 5.54 Å². The van der Waals surface area contributed by atoms with Crippen molar-refractivity contribution in [3.05, 3.63) is 28.7 Å². The van der Waals surface area contributed by atoms with E-state index in [9.17, 15) is 4.79 Å². The molecular weight excluding hydrogens is 326 g/mol. The number of rotatable bonds is 7. The normalized spacial score (nSPS) is 13.9. The lowest BCUT2D eigenvalue weighted by Gasteiger charge is -2.27. The van der Waals surface area contributed by atoms with Gasteiger partial charge in [0, 0.05) is 15.1 Å². The number of hydrogen-bond donors (Lipinski definition) is 1. The number of likely N-dealkylation sites (N-methyl/N-ethyl adjacent to an activating group) is 1. The fraction of sp³-hybridized carbons (Fsp3) is 0.500. The summed E-state index contributed by atoms with van der Waals surface area (Å²) < 4.78 is 5.96. The van der Waals surface area contributed by atoms with Gasteiger partial charge in [0.1, 0.15) is 5.54 Å².